The molecule has 0 spiro atoms. The number of hydrogen-bond donors (Lipinski definition) is 1. The lowest BCUT2D eigenvalue weighted by atomic mass is 9.60. The molecular formula is C13H24O2. The van der Waals surface area contributed by atoms with Gasteiger partial charge in [0.2, 0.25) is 0 Å². The van der Waals surface area contributed by atoms with Gasteiger partial charge in [-0.1, -0.05) is 32.6 Å². The number of ether oxygens (including phenoxy) is 1. The van der Waals surface area contributed by atoms with Crippen LogP contribution in [0.1, 0.15) is 45.4 Å². The summed E-state index contributed by atoms with van der Waals surface area (Å²) < 4.78 is 5.46. The Morgan fingerprint density at radius 1 is 1.27 bits per heavy atom. The second kappa shape index (κ2) is 4.84. The zero-order valence-corrected chi connectivity index (χ0v) is 9.87. The van der Waals surface area contributed by atoms with E-state index in [1.54, 1.807) is 0 Å². The molecule has 2 rings (SSSR count). The standard InChI is InChI=1S/C13H24O2/c1-2-11(8-14)13(9-15-10-13)12-6-4-3-5-7-12/h11-12,14H,2-10H2,1H3. The minimum atomic E-state index is 0.337. The summed E-state index contributed by atoms with van der Waals surface area (Å²) in [4.78, 5) is 0. The third kappa shape index (κ3) is 1.94. The van der Waals surface area contributed by atoms with Crippen LogP contribution in [-0.2, 0) is 4.74 Å². The summed E-state index contributed by atoms with van der Waals surface area (Å²) in [6, 6.07) is 0. The van der Waals surface area contributed by atoms with Gasteiger partial charge in [0.15, 0.2) is 0 Å². The quantitative estimate of drug-likeness (QED) is 0.776. The smallest absolute Gasteiger partial charge is 0.0551 e. The first kappa shape index (κ1) is 11.4. The summed E-state index contributed by atoms with van der Waals surface area (Å²) in [7, 11) is 0. The maximum Gasteiger partial charge on any atom is 0.0551 e. The van der Waals surface area contributed by atoms with Crippen molar-refractivity contribution in [3.8, 4) is 0 Å². The molecule has 0 aromatic rings. The van der Waals surface area contributed by atoms with Crippen LogP contribution in [0.15, 0.2) is 0 Å². The first-order valence-corrected chi connectivity index (χ1v) is 6.52. The van der Waals surface area contributed by atoms with Gasteiger partial charge in [-0.25, -0.2) is 0 Å². The van der Waals surface area contributed by atoms with Crippen molar-refractivity contribution in [3.63, 3.8) is 0 Å². The molecule has 0 bridgehead atoms. The van der Waals surface area contributed by atoms with Crippen molar-refractivity contribution in [2.45, 2.75) is 45.4 Å². The average molecular weight is 212 g/mol. The Morgan fingerprint density at radius 3 is 2.33 bits per heavy atom. The molecule has 0 aromatic carbocycles. The lowest BCUT2D eigenvalue weighted by Crippen LogP contribution is -2.54. The van der Waals surface area contributed by atoms with Crippen LogP contribution in [-0.4, -0.2) is 24.9 Å². The lowest BCUT2D eigenvalue weighted by molar-refractivity contribution is -0.192. The van der Waals surface area contributed by atoms with E-state index in [0.29, 0.717) is 17.9 Å². The normalized spacial score (nSPS) is 28.4. The van der Waals surface area contributed by atoms with Gasteiger partial charge in [-0.05, 0) is 24.7 Å². The molecule has 0 radical (unpaired) electrons. The van der Waals surface area contributed by atoms with E-state index in [4.69, 9.17) is 4.74 Å². The second-order valence-corrected chi connectivity index (χ2v) is 5.35. The van der Waals surface area contributed by atoms with Crippen LogP contribution in [0, 0.1) is 17.3 Å². The summed E-state index contributed by atoms with van der Waals surface area (Å²) >= 11 is 0. The molecule has 1 saturated heterocycles. The molecule has 2 nitrogen and oxygen atoms in total. The molecule has 15 heavy (non-hydrogen) atoms. The van der Waals surface area contributed by atoms with E-state index in [1.807, 2.05) is 0 Å². The second-order valence-electron chi connectivity index (χ2n) is 5.35. The van der Waals surface area contributed by atoms with Crippen LogP contribution < -0.4 is 0 Å². The van der Waals surface area contributed by atoms with Crippen molar-refractivity contribution in [1.29, 1.82) is 0 Å². The van der Waals surface area contributed by atoms with Crippen LogP contribution in [0.2, 0.25) is 0 Å². The van der Waals surface area contributed by atoms with Gasteiger partial charge >= 0.3 is 0 Å². The van der Waals surface area contributed by atoms with Crippen molar-refractivity contribution in [2.75, 3.05) is 19.8 Å². The van der Waals surface area contributed by atoms with E-state index >= 15 is 0 Å². The van der Waals surface area contributed by atoms with Crippen molar-refractivity contribution in [2.24, 2.45) is 17.3 Å². The predicted octanol–water partition coefficient (Wildman–Crippen LogP) is 2.60. The fraction of sp³-hybridized carbons (Fsp3) is 1.00. The highest BCUT2D eigenvalue weighted by molar-refractivity contribution is 4.97. The molecule has 1 N–H and O–H groups in total. The molecule has 2 aliphatic rings. The van der Waals surface area contributed by atoms with Crippen molar-refractivity contribution < 1.29 is 9.84 Å². The average Bonchev–Trinajstić information content (AvgIpc) is 2.24. The fourth-order valence-corrected chi connectivity index (χ4v) is 3.54. The van der Waals surface area contributed by atoms with Gasteiger partial charge in [-0.3, -0.25) is 0 Å². The minimum Gasteiger partial charge on any atom is -0.396 e. The van der Waals surface area contributed by atoms with Gasteiger partial charge in [0.1, 0.15) is 0 Å². The summed E-state index contributed by atoms with van der Waals surface area (Å²) in [5, 5.41) is 9.50. The molecule has 0 aromatic heterocycles. The third-order valence-corrected chi connectivity index (χ3v) is 4.69. The van der Waals surface area contributed by atoms with Gasteiger partial charge in [0.05, 0.1) is 13.2 Å². The SMILES string of the molecule is CCC(CO)C1(C2CCCCC2)COC1. The molecule has 1 saturated carbocycles. The minimum absolute atomic E-state index is 0.337. The molecule has 1 atom stereocenters. The first-order valence-electron chi connectivity index (χ1n) is 6.52. The number of hydrogen-bond acceptors (Lipinski definition) is 2. The molecular weight excluding hydrogens is 188 g/mol. The van der Waals surface area contributed by atoms with Gasteiger partial charge in [-0.15, -0.1) is 0 Å². The zero-order chi connectivity index (χ0) is 10.7. The van der Waals surface area contributed by atoms with Crippen LogP contribution in [0.5, 0.6) is 0 Å². The monoisotopic (exact) mass is 212 g/mol. The topological polar surface area (TPSA) is 29.5 Å². The van der Waals surface area contributed by atoms with E-state index in [2.05, 4.69) is 6.92 Å². The van der Waals surface area contributed by atoms with Crippen LogP contribution in [0.25, 0.3) is 0 Å². The Morgan fingerprint density at radius 2 is 1.93 bits per heavy atom. The van der Waals surface area contributed by atoms with Crippen molar-refractivity contribution in [1.82, 2.24) is 0 Å². The predicted molar refractivity (Wildman–Crippen MR) is 60.7 cm³/mol. The summed E-state index contributed by atoms with van der Waals surface area (Å²) in [5.74, 6) is 1.28. The van der Waals surface area contributed by atoms with Gasteiger partial charge in [0.25, 0.3) is 0 Å². The molecule has 1 unspecified atom stereocenters. The Labute approximate surface area is 93.0 Å². The van der Waals surface area contributed by atoms with E-state index in [1.165, 1.54) is 32.1 Å². The van der Waals surface area contributed by atoms with Crippen LogP contribution >= 0.6 is 0 Å². The first-order chi connectivity index (χ1) is 7.33. The molecule has 88 valence electrons. The molecule has 0 amide bonds. The van der Waals surface area contributed by atoms with E-state index in [-0.39, 0.29) is 0 Å². The maximum atomic E-state index is 9.50. The Hall–Kier alpha value is -0.0800. The molecule has 1 aliphatic carbocycles. The zero-order valence-electron chi connectivity index (χ0n) is 9.87. The van der Waals surface area contributed by atoms with E-state index < -0.39 is 0 Å². The molecule has 2 fully saturated rings. The lowest BCUT2D eigenvalue weighted by Gasteiger charge is -2.53. The van der Waals surface area contributed by atoms with Gasteiger partial charge in [-0.2, -0.15) is 0 Å². The van der Waals surface area contributed by atoms with Gasteiger partial charge < -0.3 is 9.84 Å². The van der Waals surface area contributed by atoms with Crippen molar-refractivity contribution >= 4 is 0 Å². The number of aliphatic hydroxyl groups is 1. The van der Waals surface area contributed by atoms with Gasteiger partial charge in [0, 0.05) is 12.0 Å². The maximum absolute atomic E-state index is 9.50. The summed E-state index contributed by atoms with van der Waals surface area (Å²) in [6.07, 6.45) is 7.99. The molecule has 2 heteroatoms. The Kier molecular flexibility index (Phi) is 3.68. The third-order valence-electron chi connectivity index (χ3n) is 4.69. The highest BCUT2D eigenvalue weighted by Gasteiger charge is 2.50. The van der Waals surface area contributed by atoms with Crippen LogP contribution in [0.3, 0.4) is 0 Å². The van der Waals surface area contributed by atoms with E-state index in [9.17, 15) is 5.11 Å². The number of rotatable bonds is 4. The molecule has 1 aliphatic heterocycles. The largest absolute Gasteiger partial charge is 0.396 e. The molecule has 1 heterocycles. The Balaban J connectivity index is 2.05. The van der Waals surface area contributed by atoms with E-state index in [0.717, 1.165) is 25.6 Å². The highest BCUT2D eigenvalue weighted by atomic mass is 16.5. The summed E-state index contributed by atoms with van der Waals surface area (Å²) in [6.45, 7) is 4.34. The summed E-state index contributed by atoms with van der Waals surface area (Å²) in [5.41, 5.74) is 0.337. The Bertz CT molecular complexity index is 189. The van der Waals surface area contributed by atoms with Crippen LogP contribution in [0.4, 0.5) is 0 Å². The van der Waals surface area contributed by atoms with Crippen molar-refractivity contribution in [3.05, 3.63) is 0 Å². The fourth-order valence-electron chi connectivity index (χ4n) is 3.54. The highest BCUT2D eigenvalue weighted by Crippen LogP contribution is 2.49. The number of aliphatic hydroxyl groups excluding tert-OH is 1.